The largest absolute Gasteiger partial charge is 0.467 e. The van der Waals surface area contributed by atoms with Crippen LogP contribution in [0.1, 0.15) is 23.3 Å². The SMILES string of the molecule is Cc1cccc(CNC(=O)C2CC2C(=O)NCc2ccco2)c1. The van der Waals surface area contributed by atoms with Crippen molar-refractivity contribution in [3.8, 4) is 0 Å². The fourth-order valence-electron chi connectivity index (χ4n) is 2.64. The van der Waals surface area contributed by atoms with Crippen LogP contribution in [0.5, 0.6) is 0 Å². The summed E-state index contributed by atoms with van der Waals surface area (Å²) in [5.41, 5.74) is 2.23. The van der Waals surface area contributed by atoms with Crippen LogP contribution < -0.4 is 10.6 Å². The van der Waals surface area contributed by atoms with E-state index >= 15 is 0 Å². The molecular weight excluding hydrogens is 292 g/mol. The van der Waals surface area contributed by atoms with E-state index in [2.05, 4.69) is 10.6 Å². The molecule has 0 spiro atoms. The van der Waals surface area contributed by atoms with Gasteiger partial charge in [-0.15, -0.1) is 0 Å². The first-order chi connectivity index (χ1) is 11.1. The highest BCUT2D eigenvalue weighted by Gasteiger charge is 2.47. The minimum atomic E-state index is -0.220. The molecule has 5 heteroatoms. The molecule has 120 valence electrons. The molecule has 23 heavy (non-hydrogen) atoms. The van der Waals surface area contributed by atoms with Gasteiger partial charge >= 0.3 is 0 Å². The van der Waals surface area contributed by atoms with E-state index in [0.717, 1.165) is 5.56 Å². The van der Waals surface area contributed by atoms with E-state index in [1.54, 1.807) is 18.4 Å². The molecule has 3 rings (SSSR count). The van der Waals surface area contributed by atoms with Crippen molar-refractivity contribution in [3.05, 3.63) is 59.5 Å². The topological polar surface area (TPSA) is 71.3 Å². The summed E-state index contributed by atoms with van der Waals surface area (Å²) >= 11 is 0. The predicted molar refractivity (Wildman–Crippen MR) is 85.2 cm³/mol. The third-order valence-corrected chi connectivity index (χ3v) is 4.03. The molecule has 0 aliphatic heterocycles. The van der Waals surface area contributed by atoms with E-state index in [9.17, 15) is 9.59 Å². The number of carbonyl (C=O) groups excluding carboxylic acids is 2. The number of nitrogens with one attached hydrogen (secondary N) is 2. The van der Waals surface area contributed by atoms with Gasteiger partial charge in [-0.3, -0.25) is 9.59 Å². The number of carbonyl (C=O) groups is 2. The maximum atomic E-state index is 12.1. The van der Waals surface area contributed by atoms with Gasteiger partial charge in [0.1, 0.15) is 5.76 Å². The van der Waals surface area contributed by atoms with Crippen molar-refractivity contribution < 1.29 is 14.0 Å². The summed E-state index contributed by atoms with van der Waals surface area (Å²) in [7, 11) is 0. The second-order valence-corrected chi connectivity index (χ2v) is 5.95. The first kappa shape index (κ1) is 15.3. The number of benzene rings is 1. The molecule has 1 saturated carbocycles. The minimum Gasteiger partial charge on any atom is -0.467 e. The van der Waals surface area contributed by atoms with Gasteiger partial charge in [0.2, 0.25) is 11.8 Å². The van der Waals surface area contributed by atoms with Crippen molar-refractivity contribution in [1.29, 1.82) is 0 Å². The molecule has 1 aromatic heterocycles. The molecule has 1 heterocycles. The van der Waals surface area contributed by atoms with Crippen molar-refractivity contribution in [1.82, 2.24) is 10.6 Å². The van der Waals surface area contributed by atoms with Crippen molar-refractivity contribution in [2.75, 3.05) is 0 Å². The summed E-state index contributed by atoms with van der Waals surface area (Å²) in [4.78, 5) is 24.1. The molecule has 2 unspecified atom stereocenters. The van der Waals surface area contributed by atoms with Crippen molar-refractivity contribution in [3.63, 3.8) is 0 Å². The molecule has 1 aliphatic carbocycles. The molecule has 1 aromatic carbocycles. The number of aryl methyl sites for hydroxylation is 1. The van der Waals surface area contributed by atoms with E-state index in [1.807, 2.05) is 31.2 Å². The highest BCUT2D eigenvalue weighted by molar-refractivity contribution is 5.92. The van der Waals surface area contributed by atoms with Crippen LogP contribution in [0.3, 0.4) is 0 Å². The molecule has 5 nitrogen and oxygen atoms in total. The maximum Gasteiger partial charge on any atom is 0.224 e. The van der Waals surface area contributed by atoms with Crippen LogP contribution in [0.2, 0.25) is 0 Å². The third kappa shape index (κ3) is 4.00. The zero-order chi connectivity index (χ0) is 16.2. The highest BCUT2D eigenvalue weighted by Crippen LogP contribution is 2.38. The predicted octanol–water partition coefficient (Wildman–Crippen LogP) is 2.16. The lowest BCUT2D eigenvalue weighted by molar-refractivity contribution is -0.127. The Kier molecular flexibility index (Phi) is 4.46. The Bertz CT molecular complexity index is 694. The van der Waals surface area contributed by atoms with E-state index in [1.165, 1.54) is 5.56 Å². The second-order valence-electron chi connectivity index (χ2n) is 5.95. The van der Waals surface area contributed by atoms with Crippen LogP contribution in [0, 0.1) is 18.8 Å². The summed E-state index contributed by atoms with van der Waals surface area (Å²) in [5, 5.41) is 5.71. The lowest BCUT2D eigenvalue weighted by Gasteiger charge is -2.06. The average molecular weight is 312 g/mol. The lowest BCUT2D eigenvalue weighted by atomic mass is 10.1. The molecule has 2 aromatic rings. The van der Waals surface area contributed by atoms with E-state index in [4.69, 9.17) is 4.42 Å². The Balaban J connectivity index is 1.42. The summed E-state index contributed by atoms with van der Waals surface area (Å²) in [6.07, 6.45) is 2.18. The Hall–Kier alpha value is -2.56. The van der Waals surface area contributed by atoms with Crippen LogP contribution in [0.25, 0.3) is 0 Å². The molecule has 0 saturated heterocycles. The van der Waals surface area contributed by atoms with Gasteiger partial charge in [-0.1, -0.05) is 29.8 Å². The third-order valence-electron chi connectivity index (χ3n) is 4.03. The van der Waals surface area contributed by atoms with Crippen molar-refractivity contribution >= 4 is 11.8 Å². The minimum absolute atomic E-state index is 0.0512. The Morgan fingerprint density at radius 2 is 1.83 bits per heavy atom. The zero-order valence-corrected chi connectivity index (χ0v) is 13.0. The number of furan rings is 1. The normalized spacial score (nSPS) is 19.2. The van der Waals surface area contributed by atoms with Gasteiger partial charge in [-0.2, -0.15) is 0 Å². The van der Waals surface area contributed by atoms with Crippen LogP contribution >= 0.6 is 0 Å². The first-order valence-electron chi connectivity index (χ1n) is 7.77. The van der Waals surface area contributed by atoms with E-state index in [-0.39, 0.29) is 23.7 Å². The number of hydrogen-bond acceptors (Lipinski definition) is 3. The van der Waals surface area contributed by atoms with Gasteiger partial charge < -0.3 is 15.1 Å². The Morgan fingerprint density at radius 1 is 1.09 bits per heavy atom. The quantitative estimate of drug-likeness (QED) is 0.858. The maximum absolute atomic E-state index is 12.1. The number of amides is 2. The molecule has 0 bridgehead atoms. The summed E-state index contributed by atoms with van der Waals surface area (Å²) in [5.74, 6) is 0.139. The monoisotopic (exact) mass is 312 g/mol. The Labute approximate surface area is 135 Å². The average Bonchev–Trinajstić information content (AvgIpc) is 3.18. The fourth-order valence-corrected chi connectivity index (χ4v) is 2.64. The standard InChI is InChI=1S/C18H20N2O3/c1-12-4-2-5-13(8-12)10-19-17(21)15-9-16(15)18(22)20-11-14-6-3-7-23-14/h2-8,15-16H,9-11H2,1H3,(H,19,21)(H,20,22). The summed E-state index contributed by atoms with van der Waals surface area (Å²) in [6.45, 7) is 2.88. The van der Waals surface area contributed by atoms with Crippen LogP contribution in [-0.4, -0.2) is 11.8 Å². The second kappa shape index (κ2) is 6.69. The van der Waals surface area contributed by atoms with Crippen LogP contribution in [0.4, 0.5) is 0 Å². The van der Waals surface area contributed by atoms with Crippen LogP contribution in [0.15, 0.2) is 47.1 Å². The Morgan fingerprint density at radius 3 is 2.48 bits per heavy atom. The van der Waals surface area contributed by atoms with Gasteiger partial charge in [0.15, 0.2) is 0 Å². The molecule has 1 aliphatic rings. The van der Waals surface area contributed by atoms with Gasteiger partial charge in [-0.05, 0) is 31.0 Å². The molecule has 1 fully saturated rings. The molecule has 0 radical (unpaired) electrons. The van der Waals surface area contributed by atoms with Crippen molar-refractivity contribution in [2.45, 2.75) is 26.4 Å². The first-order valence-corrected chi connectivity index (χ1v) is 7.77. The lowest BCUT2D eigenvalue weighted by Crippen LogP contribution is -2.29. The van der Waals surface area contributed by atoms with Gasteiger partial charge in [-0.25, -0.2) is 0 Å². The molecular formula is C18H20N2O3. The highest BCUT2D eigenvalue weighted by atomic mass is 16.3. The fraction of sp³-hybridized carbons (Fsp3) is 0.333. The molecule has 2 atom stereocenters. The summed E-state index contributed by atoms with van der Waals surface area (Å²) in [6, 6.07) is 11.6. The summed E-state index contributed by atoms with van der Waals surface area (Å²) < 4.78 is 5.16. The van der Waals surface area contributed by atoms with Crippen LogP contribution in [-0.2, 0) is 22.7 Å². The molecule has 2 amide bonds. The number of rotatable bonds is 6. The van der Waals surface area contributed by atoms with Gasteiger partial charge in [0.25, 0.3) is 0 Å². The van der Waals surface area contributed by atoms with Gasteiger partial charge in [0.05, 0.1) is 24.6 Å². The van der Waals surface area contributed by atoms with E-state index in [0.29, 0.717) is 25.3 Å². The van der Waals surface area contributed by atoms with E-state index < -0.39 is 0 Å². The smallest absolute Gasteiger partial charge is 0.224 e. The van der Waals surface area contributed by atoms with Gasteiger partial charge in [0, 0.05) is 6.54 Å². The van der Waals surface area contributed by atoms with Crippen molar-refractivity contribution in [2.24, 2.45) is 11.8 Å². The molecule has 2 N–H and O–H groups in total. The number of hydrogen-bond donors (Lipinski definition) is 2. The zero-order valence-electron chi connectivity index (χ0n) is 13.0.